The van der Waals surface area contributed by atoms with E-state index in [1.54, 1.807) is 20.8 Å². The third-order valence-corrected chi connectivity index (χ3v) is 8.80. The molecule has 4 fully saturated rings. The zero-order valence-electron chi connectivity index (χ0n) is 23.0. The summed E-state index contributed by atoms with van der Waals surface area (Å²) in [4.78, 5) is 65.6. The third kappa shape index (κ3) is 5.81. The molecule has 4 aliphatic rings. The highest BCUT2D eigenvalue weighted by atomic mass is 19.3. The normalized spacial score (nSPS) is 30.3. The van der Waals surface area contributed by atoms with Crippen LogP contribution in [0.1, 0.15) is 60.3 Å². The summed E-state index contributed by atoms with van der Waals surface area (Å²) in [6.07, 6.45) is -2.45. The van der Waals surface area contributed by atoms with Crippen LogP contribution in [0.4, 0.5) is 13.6 Å². The zero-order chi connectivity index (χ0) is 29.1. The van der Waals surface area contributed by atoms with Gasteiger partial charge in [-0.15, -0.1) is 0 Å². The van der Waals surface area contributed by atoms with Crippen LogP contribution in [-0.2, 0) is 23.9 Å². The molecule has 0 spiro atoms. The number of primary amides is 1. The van der Waals surface area contributed by atoms with Gasteiger partial charge in [0.15, 0.2) is 0 Å². The molecule has 0 aromatic rings. The van der Waals surface area contributed by atoms with Gasteiger partial charge in [-0.2, -0.15) is 0 Å². The van der Waals surface area contributed by atoms with Crippen molar-refractivity contribution in [3.8, 4) is 0 Å². The van der Waals surface area contributed by atoms with Gasteiger partial charge in [-0.1, -0.05) is 34.6 Å². The van der Waals surface area contributed by atoms with E-state index >= 15 is 0 Å². The van der Waals surface area contributed by atoms with Crippen LogP contribution in [0.5, 0.6) is 0 Å². The lowest BCUT2D eigenvalue weighted by Gasteiger charge is -2.38. The lowest BCUT2D eigenvalue weighted by atomic mass is 9.85. The van der Waals surface area contributed by atoms with Gasteiger partial charge < -0.3 is 31.3 Å². The van der Waals surface area contributed by atoms with Crippen molar-refractivity contribution in [2.45, 2.75) is 90.5 Å². The summed E-state index contributed by atoms with van der Waals surface area (Å²) >= 11 is 0. The molecule has 4 rings (SSSR count). The van der Waals surface area contributed by atoms with Crippen LogP contribution in [0.25, 0.3) is 0 Å². The highest BCUT2D eigenvalue weighted by molar-refractivity contribution is 5.95. The Kier molecular flexibility index (Phi) is 7.35. The lowest BCUT2D eigenvalue weighted by molar-refractivity contribution is -0.148. The van der Waals surface area contributed by atoms with Crippen LogP contribution in [0.3, 0.4) is 0 Å². The molecule has 0 aromatic carbocycles. The minimum atomic E-state index is -2.86. The molecule has 13 heteroatoms. The Morgan fingerprint density at radius 3 is 2.33 bits per heavy atom. The first-order valence-corrected chi connectivity index (χ1v) is 13.5. The fourth-order valence-electron chi connectivity index (χ4n) is 6.28. The van der Waals surface area contributed by atoms with Gasteiger partial charge in [0.2, 0.25) is 23.6 Å². The van der Waals surface area contributed by atoms with E-state index in [0.29, 0.717) is 13.0 Å². The average Bonchev–Trinajstić information content (AvgIpc) is 3.14. The number of halogens is 2. The highest BCUT2D eigenvalue weighted by Gasteiger charge is 2.70. The first-order valence-electron chi connectivity index (χ1n) is 13.5. The molecule has 6 atom stereocenters. The molecule has 2 aliphatic carbocycles. The maximum atomic E-state index is 13.8. The van der Waals surface area contributed by atoms with Crippen molar-refractivity contribution in [2.75, 3.05) is 13.1 Å². The van der Waals surface area contributed by atoms with E-state index in [9.17, 15) is 32.8 Å². The number of piperidine rings is 1. The van der Waals surface area contributed by atoms with Gasteiger partial charge in [0.25, 0.3) is 5.92 Å². The minimum absolute atomic E-state index is 0.0367. The predicted molar refractivity (Wildman–Crippen MR) is 134 cm³/mol. The second-order valence-corrected chi connectivity index (χ2v) is 13.1. The van der Waals surface area contributed by atoms with Gasteiger partial charge in [-0.3, -0.25) is 19.2 Å². The van der Waals surface area contributed by atoms with Crippen LogP contribution in [0, 0.1) is 28.6 Å². The number of alkyl halides is 2. The number of likely N-dealkylation sites (tertiary alicyclic amines) is 1. The molecular weight excluding hydrogens is 516 g/mol. The van der Waals surface area contributed by atoms with Gasteiger partial charge in [-0.05, 0) is 35.5 Å². The molecule has 2 aliphatic heterocycles. The van der Waals surface area contributed by atoms with E-state index in [1.165, 1.54) is 4.90 Å². The number of carbonyl (C=O) groups excluding carboxylic acids is 5. The van der Waals surface area contributed by atoms with Gasteiger partial charge in [0.05, 0.1) is 0 Å². The van der Waals surface area contributed by atoms with Gasteiger partial charge >= 0.3 is 6.09 Å². The van der Waals surface area contributed by atoms with E-state index in [4.69, 9.17) is 10.5 Å². The van der Waals surface area contributed by atoms with Crippen LogP contribution in [0.2, 0.25) is 0 Å². The topological polar surface area (TPSA) is 160 Å². The molecule has 0 unspecified atom stereocenters. The molecule has 2 heterocycles. The van der Waals surface area contributed by atoms with Crippen LogP contribution < -0.4 is 21.7 Å². The monoisotopic (exact) mass is 555 g/mol. The largest absolute Gasteiger partial charge is 0.446 e. The number of nitrogens with two attached hydrogens (primary N) is 1. The summed E-state index contributed by atoms with van der Waals surface area (Å²) in [5, 5.41) is 7.91. The number of hydrogen-bond acceptors (Lipinski definition) is 6. The lowest BCUT2D eigenvalue weighted by Crippen LogP contribution is -2.61. The molecule has 39 heavy (non-hydrogen) atoms. The number of carbonyl (C=O) groups is 5. The maximum absolute atomic E-state index is 13.8. The second-order valence-electron chi connectivity index (χ2n) is 13.1. The Balaban J connectivity index is 1.48. The molecule has 218 valence electrons. The molecule has 2 saturated heterocycles. The number of hydrogen-bond donors (Lipinski definition) is 4. The molecule has 0 radical (unpaired) electrons. The standard InChI is InChI=1S/C26H39F2N5O6/c1-24(2,3)18(32-23(38)39-13-9-26(27,28)10-13)22(37)33-11-14-16(25(14,4)5)17(33)21(36)31-15(19(29)34)8-12-6-7-30-20(12)35/h12-18H,6-11H2,1-5H3,(H2,29,34)(H,30,35)(H,31,36)(H,32,38)/t12-,14-,15-,16-,17-,18+/m0/s1. The molecular formula is C26H39F2N5O6. The Bertz CT molecular complexity index is 1050. The van der Waals surface area contributed by atoms with E-state index in [1.807, 2.05) is 13.8 Å². The SMILES string of the molecule is CC(C)(C)[C@H](NC(=O)OC1CC(F)(F)C1)C(=O)N1C[C@H]2[C@@H]([C@H]1C(=O)N[C@@H](C[C@@H]1CCNC1=O)C(N)=O)C2(C)C. The fraction of sp³-hybridized carbons (Fsp3) is 0.808. The summed E-state index contributed by atoms with van der Waals surface area (Å²) in [6, 6.07) is -3.10. The van der Waals surface area contributed by atoms with E-state index in [2.05, 4.69) is 16.0 Å². The number of ether oxygens (including phenoxy) is 1. The van der Waals surface area contributed by atoms with E-state index in [0.717, 1.165) is 0 Å². The van der Waals surface area contributed by atoms with Crippen molar-refractivity contribution >= 4 is 29.7 Å². The zero-order valence-corrected chi connectivity index (χ0v) is 23.0. The summed E-state index contributed by atoms with van der Waals surface area (Å²) in [5.41, 5.74) is 4.54. The minimum Gasteiger partial charge on any atom is -0.446 e. The maximum Gasteiger partial charge on any atom is 0.408 e. The molecule has 0 bridgehead atoms. The quantitative estimate of drug-likeness (QED) is 0.348. The summed E-state index contributed by atoms with van der Waals surface area (Å²) in [5.74, 6) is -5.48. The Hall–Kier alpha value is -2.99. The van der Waals surface area contributed by atoms with Gasteiger partial charge in [0, 0.05) is 31.8 Å². The Labute approximate surface area is 226 Å². The number of nitrogens with zero attached hydrogens (tertiary/aromatic N) is 1. The number of fused-ring (bicyclic) bond motifs is 1. The van der Waals surface area contributed by atoms with E-state index in [-0.39, 0.29) is 36.1 Å². The predicted octanol–water partition coefficient (Wildman–Crippen LogP) is 0.904. The highest BCUT2D eigenvalue weighted by Crippen LogP contribution is 2.65. The summed E-state index contributed by atoms with van der Waals surface area (Å²) < 4.78 is 31.4. The van der Waals surface area contributed by atoms with Crippen LogP contribution >= 0.6 is 0 Å². The van der Waals surface area contributed by atoms with Gasteiger partial charge in [-0.25, -0.2) is 13.6 Å². The summed E-state index contributed by atoms with van der Waals surface area (Å²) in [6.45, 7) is 9.97. The summed E-state index contributed by atoms with van der Waals surface area (Å²) in [7, 11) is 0. The molecule has 0 aromatic heterocycles. The number of alkyl carbamates (subject to hydrolysis) is 1. The van der Waals surface area contributed by atoms with Crippen LogP contribution in [-0.4, -0.2) is 77.9 Å². The first-order chi connectivity index (χ1) is 17.9. The molecule has 5 N–H and O–H groups in total. The van der Waals surface area contributed by atoms with Gasteiger partial charge in [0.1, 0.15) is 24.2 Å². The van der Waals surface area contributed by atoms with Crippen molar-refractivity contribution < 1.29 is 37.5 Å². The number of amides is 5. The van der Waals surface area contributed by atoms with Crippen molar-refractivity contribution in [1.29, 1.82) is 0 Å². The smallest absolute Gasteiger partial charge is 0.408 e. The van der Waals surface area contributed by atoms with Crippen molar-refractivity contribution in [3.63, 3.8) is 0 Å². The van der Waals surface area contributed by atoms with Crippen molar-refractivity contribution in [2.24, 2.45) is 34.3 Å². The van der Waals surface area contributed by atoms with Crippen LogP contribution in [0.15, 0.2) is 0 Å². The first kappa shape index (κ1) is 29.0. The molecule has 2 saturated carbocycles. The number of rotatable bonds is 8. The number of nitrogens with one attached hydrogen (secondary N) is 3. The second kappa shape index (κ2) is 9.88. The Morgan fingerprint density at radius 1 is 1.18 bits per heavy atom. The fourth-order valence-corrected chi connectivity index (χ4v) is 6.28. The third-order valence-electron chi connectivity index (χ3n) is 8.80. The Morgan fingerprint density at radius 2 is 1.82 bits per heavy atom. The average molecular weight is 556 g/mol. The van der Waals surface area contributed by atoms with Crippen molar-refractivity contribution in [3.05, 3.63) is 0 Å². The molecule has 5 amide bonds. The molecule has 11 nitrogen and oxygen atoms in total. The van der Waals surface area contributed by atoms with Crippen molar-refractivity contribution in [1.82, 2.24) is 20.9 Å². The van der Waals surface area contributed by atoms with E-state index < -0.39 is 78.1 Å².